The van der Waals surface area contributed by atoms with E-state index in [4.69, 9.17) is 39.6 Å². The van der Waals surface area contributed by atoms with Crippen molar-refractivity contribution < 1.29 is 109 Å². The summed E-state index contributed by atoms with van der Waals surface area (Å²) in [5.74, 6) is -8.74. The number of rotatable bonds is 0. The largest absolute Gasteiger partial charge is 3.00 e. The van der Waals surface area contributed by atoms with Crippen LogP contribution in [0.2, 0.25) is 0 Å². The fraction of sp³-hybridized carbons (Fsp3) is 0. The van der Waals surface area contributed by atoms with E-state index in [1.807, 2.05) is 0 Å². The normalized spacial score (nSPS) is 6.29. The summed E-state index contributed by atoms with van der Waals surface area (Å²) in [6.45, 7) is 0. The predicted octanol–water partition coefficient (Wildman–Crippen LogP) is -10.0. The average Bonchev–Trinajstić information content (AvgIpc) is 1.88. The number of carboxylic acids is 4. The van der Waals surface area contributed by atoms with Crippen molar-refractivity contribution in [3.8, 4) is 0 Å². The van der Waals surface area contributed by atoms with Gasteiger partial charge in [0.15, 0.2) is 0 Å². The van der Waals surface area contributed by atoms with E-state index in [-0.39, 0.29) is 69.5 Å². The van der Waals surface area contributed by atoms with E-state index in [2.05, 4.69) is 0 Å². The van der Waals surface area contributed by atoms with E-state index >= 15 is 0 Å². The molecule has 0 N–H and O–H groups in total. The maximum absolute atomic E-state index is 8.93. The Morgan fingerprint density at radius 3 is 0.643 bits per heavy atom. The molecular formula is C4GdNaO8. The first-order valence-electron chi connectivity index (χ1n) is 2.13. The van der Waals surface area contributed by atoms with E-state index in [1.165, 1.54) is 0 Å². The van der Waals surface area contributed by atoms with Gasteiger partial charge in [-0.1, -0.05) is 0 Å². The summed E-state index contributed by atoms with van der Waals surface area (Å²) in [4.78, 5) is 35.7. The van der Waals surface area contributed by atoms with Gasteiger partial charge in [0, 0.05) is 0 Å². The van der Waals surface area contributed by atoms with Gasteiger partial charge in [-0.15, -0.1) is 0 Å². The van der Waals surface area contributed by atoms with Crippen molar-refractivity contribution in [1.29, 1.82) is 0 Å². The Bertz CT molecular complexity index is 177. The molecule has 0 aromatic rings. The third kappa shape index (κ3) is 22.8. The van der Waals surface area contributed by atoms with E-state index in [0.29, 0.717) is 0 Å². The fourth-order valence-electron chi connectivity index (χ4n) is 0. The molecule has 10 heteroatoms. The van der Waals surface area contributed by atoms with Gasteiger partial charge in [-0.3, -0.25) is 0 Å². The minimum Gasteiger partial charge on any atom is -0.543 e. The molecule has 73 valence electrons. The molecule has 14 heavy (non-hydrogen) atoms. The minimum absolute atomic E-state index is 0. The molecule has 0 heterocycles. The van der Waals surface area contributed by atoms with Crippen LogP contribution in [0.25, 0.3) is 0 Å². The van der Waals surface area contributed by atoms with Crippen LogP contribution in [0.5, 0.6) is 0 Å². The third-order valence-electron chi connectivity index (χ3n) is 0.333. The summed E-state index contributed by atoms with van der Waals surface area (Å²) in [7, 11) is 0. The summed E-state index contributed by atoms with van der Waals surface area (Å²) in [6.07, 6.45) is 0. The quantitative estimate of drug-likeness (QED) is 0.305. The predicted molar refractivity (Wildman–Crippen MR) is 20.0 cm³/mol. The van der Waals surface area contributed by atoms with Crippen LogP contribution in [0.4, 0.5) is 0 Å². The molecule has 0 saturated carbocycles. The molecule has 0 unspecified atom stereocenters. The topological polar surface area (TPSA) is 161 Å². The van der Waals surface area contributed by atoms with Gasteiger partial charge in [0.1, 0.15) is 0 Å². The maximum Gasteiger partial charge on any atom is 3.00 e. The second-order valence-electron chi connectivity index (χ2n) is 1.15. The van der Waals surface area contributed by atoms with Crippen LogP contribution in [0.15, 0.2) is 0 Å². The molecule has 0 aliphatic rings. The molecule has 0 atom stereocenters. The van der Waals surface area contributed by atoms with Crippen molar-refractivity contribution >= 4 is 23.9 Å². The Labute approximate surface area is 131 Å². The summed E-state index contributed by atoms with van der Waals surface area (Å²) < 4.78 is 0. The molecule has 0 spiro atoms. The van der Waals surface area contributed by atoms with Crippen LogP contribution in [0.3, 0.4) is 0 Å². The Hall–Kier alpha value is 0.205. The van der Waals surface area contributed by atoms with Crippen molar-refractivity contribution in [2.24, 2.45) is 0 Å². The Morgan fingerprint density at radius 2 is 0.643 bits per heavy atom. The van der Waals surface area contributed by atoms with Crippen molar-refractivity contribution in [3.63, 3.8) is 0 Å². The summed E-state index contributed by atoms with van der Waals surface area (Å²) in [6, 6.07) is 0. The standard InChI is InChI=1S/2C2H2O4.Gd.Na/c2*3-1(4)2(5)6;;/h2*(H,3,4)(H,5,6);;/q;;+3;+1/p-4. The number of carbonyl (C=O) groups is 4. The zero-order valence-corrected chi connectivity index (χ0v) is 10.9. The molecule has 0 amide bonds. The van der Waals surface area contributed by atoms with Gasteiger partial charge < -0.3 is 39.6 Å². The Balaban J connectivity index is -0.0000000625. The van der Waals surface area contributed by atoms with Crippen LogP contribution in [0.1, 0.15) is 0 Å². The molecule has 0 rings (SSSR count). The number of hydrogen-bond donors (Lipinski definition) is 0. The average molecular weight is 356 g/mol. The zero-order valence-electron chi connectivity index (χ0n) is 6.62. The van der Waals surface area contributed by atoms with Gasteiger partial charge in [-0.2, -0.15) is 0 Å². The van der Waals surface area contributed by atoms with Crippen LogP contribution >= 0.6 is 0 Å². The smallest absolute Gasteiger partial charge is 0.543 e. The second-order valence-corrected chi connectivity index (χ2v) is 1.15. The van der Waals surface area contributed by atoms with Crippen LogP contribution < -0.4 is 50.0 Å². The van der Waals surface area contributed by atoms with E-state index in [1.54, 1.807) is 0 Å². The molecule has 0 saturated heterocycles. The molecule has 8 nitrogen and oxygen atoms in total. The number of aliphatic carboxylic acids is 4. The van der Waals surface area contributed by atoms with Crippen molar-refractivity contribution in [2.75, 3.05) is 0 Å². The first kappa shape index (κ1) is 23.8. The Morgan fingerprint density at radius 1 is 0.571 bits per heavy atom. The van der Waals surface area contributed by atoms with Gasteiger partial charge in [-0.25, -0.2) is 0 Å². The van der Waals surface area contributed by atoms with Crippen LogP contribution in [0, 0.1) is 39.9 Å². The van der Waals surface area contributed by atoms with Crippen LogP contribution in [-0.4, -0.2) is 23.9 Å². The van der Waals surface area contributed by atoms with E-state index < -0.39 is 23.9 Å². The second kappa shape index (κ2) is 13.2. The molecule has 0 aromatic carbocycles. The molecular weight excluding hydrogens is 356 g/mol. The SMILES string of the molecule is O=C([O-])C(=O)[O-].O=C([O-])C(=O)[O-].[Gd+3].[Na+]. The van der Waals surface area contributed by atoms with Gasteiger partial charge in [0.2, 0.25) is 0 Å². The first-order valence-corrected chi connectivity index (χ1v) is 2.13. The van der Waals surface area contributed by atoms with Crippen molar-refractivity contribution in [1.82, 2.24) is 0 Å². The summed E-state index contributed by atoms with van der Waals surface area (Å²) in [5, 5.41) is 35.7. The molecule has 0 bridgehead atoms. The fourth-order valence-corrected chi connectivity index (χ4v) is 0. The molecule has 0 aromatic heterocycles. The van der Waals surface area contributed by atoms with Gasteiger partial charge in [-0.05, 0) is 0 Å². The maximum atomic E-state index is 8.93. The first-order chi connectivity index (χ1) is 5.29. The number of hydrogen-bond acceptors (Lipinski definition) is 8. The molecule has 0 fully saturated rings. The molecule has 0 aliphatic carbocycles. The number of carbonyl (C=O) groups excluding carboxylic acids is 4. The monoisotopic (exact) mass is 357 g/mol. The summed E-state index contributed by atoms with van der Waals surface area (Å²) >= 11 is 0. The van der Waals surface area contributed by atoms with Gasteiger partial charge in [0.05, 0.1) is 23.9 Å². The Kier molecular flexibility index (Phi) is 22.4. The minimum atomic E-state index is -2.19. The van der Waals surface area contributed by atoms with Crippen molar-refractivity contribution in [2.45, 2.75) is 0 Å². The molecule has 0 aliphatic heterocycles. The van der Waals surface area contributed by atoms with Gasteiger partial charge in [0.25, 0.3) is 0 Å². The van der Waals surface area contributed by atoms with Crippen molar-refractivity contribution in [3.05, 3.63) is 0 Å². The third-order valence-corrected chi connectivity index (χ3v) is 0.333. The number of carboxylic acid groups (broad SMARTS) is 4. The van der Waals surface area contributed by atoms with E-state index in [9.17, 15) is 0 Å². The summed E-state index contributed by atoms with van der Waals surface area (Å²) in [5.41, 5.74) is 0. The molecule has 1 radical (unpaired) electrons. The van der Waals surface area contributed by atoms with Gasteiger partial charge >= 0.3 is 69.5 Å². The van der Waals surface area contributed by atoms with Crippen LogP contribution in [-0.2, 0) is 19.2 Å². The zero-order chi connectivity index (χ0) is 10.3. The van der Waals surface area contributed by atoms with E-state index in [0.717, 1.165) is 0 Å².